The average molecular weight is 238 g/mol. The van der Waals surface area contributed by atoms with Gasteiger partial charge in [0.1, 0.15) is 11.9 Å². The molecule has 1 aliphatic rings. The Kier molecular flexibility index (Phi) is 2.61. The first kappa shape index (κ1) is 10.7. The molecule has 2 aromatic heterocycles. The van der Waals surface area contributed by atoms with Gasteiger partial charge in [-0.15, -0.1) is 0 Å². The summed E-state index contributed by atoms with van der Waals surface area (Å²) in [5.41, 5.74) is 0.502. The second kappa shape index (κ2) is 4.41. The lowest BCUT2D eigenvalue weighted by Gasteiger charge is -2.04. The monoisotopic (exact) mass is 238 g/mol. The van der Waals surface area contributed by atoms with E-state index in [1.807, 2.05) is 6.07 Å². The lowest BCUT2D eigenvalue weighted by molar-refractivity contribution is 0.457. The van der Waals surface area contributed by atoms with Crippen molar-refractivity contribution in [3.8, 4) is 17.7 Å². The summed E-state index contributed by atoms with van der Waals surface area (Å²) in [7, 11) is 0. The van der Waals surface area contributed by atoms with Crippen molar-refractivity contribution in [3.63, 3.8) is 0 Å². The Morgan fingerprint density at radius 1 is 1.11 bits per heavy atom. The standard InChI is InChI=1S/C13H10N4O/c14-5-9-1-4-12(15-6-9)18-11-7-16-13(17-8-11)10-2-3-10/h1,4,6-8,10H,2-3H2. The second-order valence-electron chi connectivity index (χ2n) is 4.15. The number of hydrogen-bond donors (Lipinski definition) is 0. The molecule has 0 saturated heterocycles. The number of hydrogen-bond acceptors (Lipinski definition) is 5. The van der Waals surface area contributed by atoms with E-state index in [0.717, 1.165) is 5.82 Å². The van der Waals surface area contributed by atoms with E-state index in [4.69, 9.17) is 10.00 Å². The molecule has 0 unspecified atom stereocenters. The van der Waals surface area contributed by atoms with Crippen LogP contribution in [-0.4, -0.2) is 15.0 Å². The summed E-state index contributed by atoms with van der Waals surface area (Å²) in [5, 5.41) is 8.66. The van der Waals surface area contributed by atoms with E-state index >= 15 is 0 Å². The summed E-state index contributed by atoms with van der Waals surface area (Å²) in [5.74, 6) is 2.40. The Hall–Kier alpha value is -2.48. The van der Waals surface area contributed by atoms with Gasteiger partial charge in [0.05, 0.1) is 18.0 Å². The molecular formula is C13H10N4O. The predicted octanol–water partition coefficient (Wildman–Crippen LogP) is 2.41. The fraction of sp³-hybridized carbons (Fsp3) is 0.231. The third kappa shape index (κ3) is 2.28. The average Bonchev–Trinajstić information content (AvgIpc) is 3.25. The van der Waals surface area contributed by atoms with Gasteiger partial charge in [-0.2, -0.15) is 5.26 Å². The molecule has 5 heteroatoms. The fourth-order valence-corrected chi connectivity index (χ4v) is 1.56. The third-order valence-electron chi connectivity index (χ3n) is 2.68. The van der Waals surface area contributed by atoms with Crippen molar-refractivity contribution in [2.45, 2.75) is 18.8 Å². The van der Waals surface area contributed by atoms with Gasteiger partial charge in [0.15, 0.2) is 5.75 Å². The molecule has 0 radical (unpaired) electrons. The van der Waals surface area contributed by atoms with Crippen LogP contribution in [0.25, 0.3) is 0 Å². The first-order valence-electron chi connectivity index (χ1n) is 5.71. The zero-order chi connectivity index (χ0) is 12.4. The highest BCUT2D eigenvalue weighted by atomic mass is 16.5. The minimum absolute atomic E-state index is 0.428. The van der Waals surface area contributed by atoms with E-state index in [0.29, 0.717) is 23.1 Å². The fourth-order valence-electron chi connectivity index (χ4n) is 1.56. The van der Waals surface area contributed by atoms with E-state index in [9.17, 15) is 0 Å². The van der Waals surface area contributed by atoms with E-state index in [-0.39, 0.29) is 0 Å². The molecule has 2 heterocycles. The smallest absolute Gasteiger partial charge is 0.219 e. The summed E-state index contributed by atoms with van der Waals surface area (Å²) >= 11 is 0. The summed E-state index contributed by atoms with van der Waals surface area (Å²) < 4.78 is 5.49. The number of aromatic nitrogens is 3. The number of pyridine rings is 1. The van der Waals surface area contributed by atoms with E-state index in [2.05, 4.69) is 15.0 Å². The third-order valence-corrected chi connectivity index (χ3v) is 2.68. The van der Waals surface area contributed by atoms with Crippen LogP contribution in [0.2, 0.25) is 0 Å². The van der Waals surface area contributed by atoms with Gasteiger partial charge in [-0.25, -0.2) is 15.0 Å². The highest BCUT2D eigenvalue weighted by Crippen LogP contribution is 2.37. The number of nitriles is 1. The van der Waals surface area contributed by atoms with Gasteiger partial charge < -0.3 is 4.74 Å². The summed E-state index contributed by atoms with van der Waals surface area (Å²) in [6.07, 6.45) is 7.13. The molecule has 0 amide bonds. The Morgan fingerprint density at radius 3 is 2.44 bits per heavy atom. The van der Waals surface area contributed by atoms with Gasteiger partial charge in [0.25, 0.3) is 0 Å². The van der Waals surface area contributed by atoms with Gasteiger partial charge in [0.2, 0.25) is 5.88 Å². The molecule has 1 saturated carbocycles. The Labute approximate surface area is 104 Å². The van der Waals surface area contributed by atoms with Crippen molar-refractivity contribution in [1.29, 1.82) is 5.26 Å². The molecule has 5 nitrogen and oxygen atoms in total. The molecule has 0 spiro atoms. The van der Waals surface area contributed by atoms with Gasteiger partial charge in [-0.05, 0) is 18.9 Å². The summed E-state index contributed by atoms with van der Waals surface area (Å²) in [4.78, 5) is 12.5. The SMILES string of the molecule is N#Cc1ccc(Oc2cnc(C3CC3)nc2)nc1. The van der Waals surface area contributed by atoms with Crippen LogP contribution in [0.4, 0.5) is 0 Å². The predicted molar refractivity (Wildman–Crippen MR) is 63.0 cm³/mol. The number of rotatable bonds is 3. The van der Waals surface area contributed by atoms with Crippen molar-refractivity contribution >= 4 is 0 Å². The normalized spacial score (nSPS) is 13.9. The maximum atomic E-state index is 8.66. The van der Waals surface area contributed by atoms with E-state index < -0.39 is 0 Å². The minimum Gasteiger partial charge on any atom is -0.436 e. The molecule has 0 aromatic carbocycles. The molecule has 88 valence electrons. The van der Waals surface area contributed by atoms with Crippen molar-refractivity contribution in [3.05, 3.63) is 42.1 Å². The molecule has 0 bridgehead atoms. The topological polar surface area (TPSA) is 71.7 Å². The van der Waals surface area contributed by atoms with Gasteiger partial charge in [-0.1, -0.05) is 0 Å². The molecule has 2 aromatic rings. The first-order chi connectivity index (χ1) is 8.85. The van der Waals surface area contributed by atoms with Gasteiger partial charge >= 0.3 is 0 Å². The van der Waals surface area contributed by atoms with Crippen molar-refractivity contribution in [1.82, 2.24) is 15.0 Å². The molecule has 0 atom stereocenters. The van der Waals surface area contributed by atoms with Gasteiger partial charge in [-0.3, -0.25) is 0 Å². The molecule has 0 aliphatic heterocycles. The molecule has 3 rings (SSSR count). The molecule has 0 N–H and O–H groups in total. The van der Waals surface area contributed by atoms with Crippen molar-refractivity contribution < 1.29 is 4.74 Å². The molecule has 1 fully saturated rings. The van der Waals surface area contributed by atoms with Gasteiger partial charge in [0, 0.05) is 18.2 Å². The number of nitrogens with zero attached hydrogens (tertiary/aromatic N) is 4. The maximum Gasteiger partial charge on any atom is 0.219 e. The van der Waals surface area contributed by atoms with Crippen LogP contribution in [-0.2, 0) is 0 Å². The Morgan fingerprint density at radius 2 is 1.89 bits per heavy atom. The Balaban J connectivity index is 1.72. The van der Waals surface area contributed by atoms with Crippen molar-refractivity contribution in [2.24, 2.45) is 0 Å². The van der Waals surface area contributed by atoms with Crippen LogP contribution in [0.1, 0.15) is 30.1 Å². The quantitative estimate of drug-likeness (QED) is 0.821. The number of ether oxygens (including phenoxy) is 1. The van der Waals surface area contributed by atoms with Crippen LogP contribution >= 0.6 is 0 Å². The lowest BCUT2D eigenvalue weighted by atomic mass is 10.3. The van der Waals surface area contributed by atoms with Crippen LogP contribution in [0, 0.1) is 11.3 Å². The van der Waals surface area contributed by atoms with Crippen LogP contribution in [0.3, 0.4) is 0 Å². The lowest BCUT2D eigenvalue weighted by Crippen LogP contribution is -1.94. The molecular weight excluding hydrogens is 228 g/mol. The zero-order valence-corrected chi connectivity index (χ0v) is 9.58. The summed E-state index contributed by atoms with van der Waals surface area (Å²) in [6, 6.07) is 5.30. The van der Waals surface area contributed by atoms with E-state index in [1.54, 1.807) is 24.5 Å². The first-order valence-corrected chi connectivity index (χ1v) is 5.71. The van der Waals surface area contributed by atoms with Crippen LogP contribution < -0.4 is 4.74 Å². The van der Waals surface area contributed by atoms with E-state index in [1.165, 1.54) is 19.0 Å². The summed E-state index contributed by atoms with van der Waals surface area (Å²) in [6.45, 7) is 0. The van der Waals surface area contributed by atoms with Crippen LogP contribution in [0.15, 0.2) is 30.7 Å². The van der Waals surface area contributed by atoms with Crippen molar-refractivity contribution in [2.75, 3.05) is 0 Å². The highest BCUT2D eigenvalue weighted by Gasteiger charge is 2.26. The Bertz CT molecular complexity index is 582. The maximum absolute atomic E-state index is 8.66. The van der Waals surface area contributed by atoms with Crippen LogP contribution in [0.5, 0.6) is 11.6 Å². The minimum atomic E-state index is 0.428. The highest BCUT2D eigenvalue weighted by molar-refractivity contribution is 5.30. The zero-order valence-electron chi connectivity index (χ0n) is 9.58. The molecule has 1 aliphatic carbocycles. The molecule has 18 heavy (non-hydrogen) atoms. The largest absolute Gasteiger partial charge is 0.436 e. The second-order valence-corrected chi connectivity index (χ2v) is 4.15.